The van der Waals surface area contributed by atoms with Gasteiger partial charge in [0.05, 0.1) is 24.3 Å². The minimum absolute atomic E-state index is 0.0803. The van der Waals surface area contributed by atoms with Crippen molar-refractivity contribution in [3.05, 3.63) is 77.5 Å². The van der Waals surface area contributed by atoms with E-state index >= 15 is 0 Å². The molecule has 0 aliphatic carbocycles. The molecule has 6 rings (SSSR count). The van der Waals surface area contributed by atoms with Gasteiger partial charge in [-0.15, -0.1) is 0 Å². The molecular weight excluding hydrogens is 442 g/mol. The Morgan fingerprint density at radius 1 is 1.00 bits per heavy atom. The van der Waals surface area contributed by atoms with Crippen molar-refractivity contribution >= 4 is 28.7 Å². The van der Waals surface area contributed by atoms with Crippen molar-refractivity contribution in [2.75, 3.05) is 43.1 Å². The third kappa shape index (κ3) is 4.30. The highest BCUT2D eigenvalue weighted by Crippen LogP contribution is 2.38. The number of nitrogens with zero attached hydrogens (tertiary/aromatic N) is 5. The van der Waals surface area contributed by atoms with E-state index < -0.39 is 0 Å². The van der Waals surface area contributed by atoms with Gasteiger partial charge < -0.3 is 19.9 Å². The molecule has 2 aromatic carbocycles. The van der Waals surface area contributed by atoms with E-state index in [1.165, 1.54) is 0 Å². The minimum atomic E-state index is -0.384. The van der Waals surface area contributed by atoms with Crippen LogP contribution in [0.1, 0.15) is 22.7 Å². The Hall–Kier alpha value is -3.98. The SMILES string of the molecule is O=C(C1CN(Cc2ccccc2)c2nc(NCc3ccccc3)nc3[nH]nc1c23)N1CCOCC1. The van der Waals surface area contributed by atoms with Gasteiger partial charge >= 0.3 is 0 Å². The van der Waals surface area contributed by atoms with Crippen molar-refractivity contribution in [2.24, 2.45) is 0 Å². The van der Waals surface area contributed by atoms with Crippen LogP contribution in [0, 0.1) is 0 Å². The number of benzene rings is 2. The number of carbonyl (C=O) groups is 1. The van der Waals surface area contributed by atoms with Crippen LogP contribution in [0.2, 0.25) is 0 Å². The predicted molar refractivity (Wildman–Crippen MR) is 133 cm³/mol. The Morgan fingerprint density at radius 3 is 2.46 bits per heavy atom. The van der Waals surface area contributed by atoms with Gasteiger partial charge in [-0.3, -0.25) is 9.89 Å². The summed E-state index contributed by atoms with van der Waals surface area (Å²) in [4.78, 5) is 27.2. The zero-order chi connectivity index (χ0) is 23.6. The van der Waals surface area contributed by atoms with E-state index in [1.807, 2.05) is 41.3 Å². The van der Waals surface area contributed by atoms with Gasteiger partial charge in [0, 0.05) is 32.7 Å². The Labute approximate surface area is 203 Å². The number of nitrogens with one attached hydrogen (secondary N) is 2. The standard InChI is InChI=1S/C26H27N7O2/c34-25(32-11-13-35-14-12-32)20-17-33(16-19-9-5-2-6-10-19)24-21-22(20)30-31-23(21)28-26(29-24)27-15-18-7-3-1-4-8-18/h1-10,20H,11-17H2,(H2,27,28,29,30,31). The van der Waals surface area contributed by atoms with Gasteiger partial charge in [0.25, 0.3) is 0 Å². The molecule has 0 spiro atoms. The maximum atomic E-state index is 13.6. The lowest BCUT2D eigenvalue weighted by Crippen LogP contribution is -2.46. The second kappa shape index (κ2) is 9.34. The Morgan fingerprint density at radius 2 is 1.71 bits per heavy atom. The van der Waals surface area contributed by atoms with Crippen LogP contribution in [0.15, 0.2) is 60.7 Å². The number of amides is 1. The van der Waals surface area contributed by atoms with Gasteiger partial charge in [-0.1, -0.05) is 60.7 Å². The van der Waals surface area contributed by atoms with E-state index in [0.29, 0.717) is 57.5 Å². The first kappa shape index (κ1) is 21.5. The molecule has 1 atom stereocenters. The number of aromatic nitrogens is 4. The fourth-order valence-electron chi connectivity index (χ4n) is 4.81. The maximum absolute atomic E-state index is 13.6. The van der Waals surface area contributed by atoms with E-state index in [1.54, 1.807) is 0 Å². The molecule has 9 nitrogen and oxygen atoms in total. The number of morpholine rings is 1. The zero-order valence-electron chi connectivity index (χ0n) is 19.4. The number of anilines is 2. The van der Waals surface area contributed by atoms with Crippen LogP contribution in [0.3, 0.4) is 0 Å². The molecule has 4 aromatic rings. The fraction of sp³-hybridized carbons (Fsp3) is 0.308. The summed E-state index contributed by atoms with van der Waals surface area (Å²) in [7, 11) is 0. The van der Waals surface area contributed by atoms with Crippen molar-refractivity contribution in [3.63, 3.8) is 0 Å². The summed E-state index contributed by atoms with van der Waals surface area (Å²) in [5, 5.41) is 11.8. The number of hydrogen-bond donors (Lipinski definition) is 2. The molecule has 0 saturated carbocycles. The summed E-state index contributed by atoms with van der Waals surface area (Å²) < 4.78 is 5.45. The molecule has 1 amide bonds. The molecule has 4 heterocycles. The molecule has 1 saturated heterocycles. The molecule has 2 N–H and O–H groups in total. The van der Waals surface area contributed by atoms with Crippen molar-refractivity contribution in [1.29, 1.82) is 0 Å². The average molecular weight is 470 g/mol. The monoisotopic (exact) mass is 469 g/mol. The second-order valence-corrected chi connectivity index (χ2v) is 8.90. The van der Waals surface area contributed by atoms with Gasteiger partial charge in [-0.2, -0.15) is 15.1 Å². The number of aromatic amines is 1. The summed E-state index contributed by atoms with van der Waals surface area (Å²) in [5.74, 6) is 1.02. The largest absolute Gasteiger partial charge is 0.378 e. The van der Waals surface area contributed by atoms with Crippen LogP contribution < -0.4 is 10.2 Å². The summed E-state index contributed by atoms with van der Waals surface area (Å²) in [6.45, 7) is 4.11. The highest BCUT2D eigenvalue weighted by molar-refractivity contribution is 5.98. The highest BCUT2D eigenvalue weighted by Gasteiger charge is 2.38. The van der Waals surface area contributed by atoms with Gasteiger partial charge in [-0.05, 0) is 11.1 Å². The lowest BCUT2D eigenvalue weighted by Gasteiger charge is -2.35. The van der Waals surface area contributed by atoms with Crippen LogP contribution in [-0.2, 0) is 22.6 Å². The molecule has 2 aromatic heterocycles. The second-order valence-electron chi connectivity index (χ2n) is 8.90. The van der Waals surface area contributed by atoms with Gasteiger partial charge in [0.1, 0.15) is 11.7 Å². The Balaban J connectivity index is 1.37. The quantitative estimate of drug-likeness (QED) is 0.448. The molecule has 1 fully saturated rings. The lowest BCUT2D eigenvalue weighted by atomic mass is 9.96. The van der Waals surface area contributed by atoms with Gasteiger partial charge in [0.15, 0.2) is 5.65 Å². The van der Waals surface area contributed by atoms with E-state index in [4.69, 9.17) is 9.72 Å². The van der Waals surface area contributed by atoms with Crippen LogP contribution in [0.4, 0.5) is 11.8 Å². The van der Waals surface area contributed by atoms with Crippen LogP contribution >= 0.6 is 0 Å². The topological polar surface area (TPSA) is 99.3 Å². The zero-order valence-corrected chi connectivity index (χ0v) is 19.4. The first-order valence-electron chi connectivity index (χ1n) is 12.0. The Bertz CT molecular complexity index is 1320. The number of H-pyrrole nitrogens is 1. The van der Waals surface area contributed by atoms with Crippen molar-refractivity contribution < 1.29 is 9.53 Å². The molecule has 0 bridgehead atoms. The number of hydrogen-bond acceptors (Lipinski definition) is 7. The smallest absolute Gasteiger partial charge is 0.233 e. The lowest BCUT2D eigenvalue weighted by molar-refractivity contribution is -0.136. The molecule has 2 aliphatic heterocycles. The van der Waals surface area contributed by atoms with Gasteiger partial charge in [0.2, 0.25) is 11.9 Å². The summed E-state index contributed by atoms with van der Waals surface area (Å²) >= 11 is 0. The van der Waals surface area contributed by atoms with Crippen LogP contribution in [-0.4, -0.2) is 63.8 Å². The first-order chi connectivity index (χ1) is 17.3. The van der Waals surface area contributed by atoms with E-state index in [-0.39, 0.29) is 11.8 Å². The molecular formula is C26H27N7O2. The van der Waals surface area contributed by atoms with Crippen LogP contribution in [0.5, 0.6) is 0 Å². The van der Waals surface area contributed by atoms with E-state index in [9.17, 15) is 4.79 Å². The fourth-order valence-corrected chi connectivity index (χ4v) is 4.81. The minimum Gasteiger partial charge on any atom is -0.378 e. The molecule has 9 heteroatoms. The number of carbonyl (C=O) groups excluding carboxylic acids is 1. The highest BCUT2D eigenvalue weighted by atomic mass is 16.5. The predicted octanol–water partition coefficient (Wildman–Crippen LogP) is 2.93. The number of ether oxygens (including phenoxy) is 1. The molecule has 1 unspecified atom stereocenters. The molecule has 35 heavy (non-hydrogen) atoms. The van der Waals surface area contributed by atoms with E-state index in [0.717, 1.165) is 28.0 Å². The van der Waals surface area contributed by atoms with Gasteiger partial charge in [-0.25, -0.2) is 0 Å². The molecule has 2 aliphatic rings. The Kier molecular flexibility index (Phi) is 5.75. The third-order valence-electron chi connectivity index (χ3n) is 6.59. The molecule has 178 valence electrons. The first-order valence-corrected chi connectivity index (χ1v) is 12.0. The third-order valence-corrected chi connectivity index (χ3v) is 6.59. The normalized spacial score (nSPS) is 17.5. The average Bonchev–Trinajstić information content (AvgIpc) is 3.35. The van der Waals surface area contributed by atoms with Crippen molar-refractivity contribution in [2.45, 2.75) is 19.0 Å². The number of rotatable bonds is 6. The van der Waals surface area contributed by atoms with Crippen LogP contribution in [0.25, 0.3) is 11.0 Å². The maximum Gasteiger partial charge on any atom is 0.233 e. The summed E-state index contributed by atoms with van der Waals surface area (Å²) in [6, 6.07) is 20.4. The summed E-state index contributed by atoms with van der Waals surface area (Å²) in [6.07, 6.45) is 0. The molecule has 0 radical (unpaired) electrons. The van der Waals surface area contributed by atoms with E-state index in [2.05, 4.69) is 49.7 Å². The van der Waals surface area contributed by atoms with Crippen molar-refractivity contribution in [3.8, 4) is 0 Å². The van der Waals surface area contributed by atoms with Crippen molar-refractivity contribution in [1.82, 2.24) is 25.1 Å². The summed E-state index contributed by atoms with van der Waals surface area (Å²) in [5.41, 5.74) is 3.67.